The molecule has 0 radical (unpaired) electrons. The summed E-state index contributed by atoms with van der Waals surface area (Å²) in [5, 5.41) is 2.80. The number of anilines is 1. The summed E-state index contributed by atoms with van der Waals surface area (Å²) in [5.41, 5.74) is 8.20. The third kappa shape index (κ3) is 2.17. The van der Waals surface area contributed by atoms with E-state index in [1.807, 2.05) is 18.2 Å². The summed E-state index contributed by atoms with van der Waals surface area (Å²) in [6.45, 7) is 0.578. The van der Waals surface area contributed by atoms with E-state index in [4.69, 9.17) is 5.73 Å². The smallest absolute Gasteiger partial charge is 0.228 e. The van der Waals surface area contributed by atoms with Gasteiger partial charge in [0.2, 0.25) is 5.91 Å². The molecule has 15 heavy (non-hydrogen) atoms. The Hall–Kier alpha value is -1.79. The van der Waals surface area contributed by atoms with Gasteiger partial charge in [0.1, 0.15) is 0 Å². The van der Waals surface area contributed by atoms with Gasteiger partial charge in [-0.3, -0.25) is 4.79 Å². The van der Waals surface area contributed by atoms with Crippen LogP contribution in [-0.2, 0) is 11.2 Å². The summed E-state index contributed by atoms with van der Waals surface area (Å²) in [6, 6.07) is 5.78. The number of benzene rings is 1. The van der Waals surface area contributed by atoms with Crippen LogP contribution in [0.4, 0.5) is 5.69 Å². The summed E-state index contributed by atoms with van der Waals surface area (Å²) in [4.78, 5) is 11.1. The molecule has 1 aliphatic rings. The predicted molar refractivity (Wildman–Crippen MR) is 59.3 cm³/mol. The van der Waals surface area contributed by atoms with Crippen LogP contribution in [-0.4, -0.2) is 12.5 Å². The number of nitrogens with one attached hydrogen (secondary N) is 1. The van der Waals surface area contributed by atoms with Gasteiger partial charge in [0.15, 0.2) is 0 Å². The van der Waals surface area contributed by atoms with Gasteiger partial charge in [0.05, 0.1) is 6.42 Å². The predicted octanol–water partition coefficient (Wildman–Crippen LogP) is 0.882. The van der Waals surface area contributed by atoms with E-state index in [2.05, 4.69) is 17.2 Å². The summed E-state index contributed by atoms with van der Waals surface area (Å²) in [5.74, 6) is 6.03. The molecule has 3 nitrogen and oxygen atoms in total. The minimum Gasteiger partial charge on any atom is -0.330 e. The van der Waals surface area contributed by atoms with Crippen molar-refractivity contribution in [3.63, 3.8) is 0 Å². The fourth-order valence-corrected chi connectivity index (χ4v) is 1.53. The molecular formula is C12H12N2O. The minimum atomic E-state index is 0.0528. The minimum absolute atomic E-state index is 0.0528. The Balaban J connectivity index is 2.21. The van der Waals surface area contributed by atoms with E-state index in [1.165, 1.54) is 0 Å². The monoisotopic (exact) mass is 200 g/mol. The molecule has 1 amide bonds. The van der Waals surface area contributed by atoms with Crippen LogP contribution in [0.15, 0.2) is 18.2 Å². The highest BCUT2D eigenvalue weighted by atomic mass is 16.1. The van der Waals surface area contributed by atoms with Crippen molar-refractivity contribution in [3.05, 3.63) is 29.3 Å². The first-order valence-electron chi connectivity index (χ1n) is 4.91. The van der Waals surface area contributed by atoms with Crippen molar-refractivity contribution >= 4 is 11.6 Å². The first-order chi connectivity index (χ1) is 7.29. The van der Waals surface area contributed by atoms with E-state index in [0.29, 0.717) is 19.4 Å². The van der Waals surface area contributed by atoms with E-state index >= 15 is 0 Å². The van der Waals surface area contributed by atoms with Crippen molar-refractivity contribution in [1.82, 2.24) is 0 Å². The lowest BCUT2D eigenvalue weighted by atomic mass is 10.1. The van der Waals surface area contributed by atoms with Crippen molar-refractivity contribution in [2.75, 3.05) is 11.9 Å². The summed E-state index contributed by atoms with van der Waals surface area (Å²) >= 11 is 0. The maximum absolute atomic E-state index is 11.1. The fraction of sp³-hybridized carbons (Fsp3) is 0.250. The van der Waals surface area contributed by atoms with Gasteiger partial charge >= 0.3 is 0 Å². The fourth-order valence-electron chi connectivity index (χ4n) is 1.53. The summed E-state index contributed by atoms with van der Waals surface area (Å²) in [6.07, 6.45) is 1.18. The SMILES string of the molecule is NCCC#Cc1ccc2c(c1)NC(=O)C2. The standard InChI is InChI=1S/C12H12N2O/c13-6-2-1-3-9-4-5-10-8-12(15)14-11(10)7-9/h4-5,7H,2,6,8,13H2,(H,14,15). The van der Waals surface area contributed by atoms with Crippen molar-refractivity contribution < 1.29 is 4.79 Å². The highest BCUT2D eigenvalue weighted by Gasteiger charge is 2.16. The molecule has 0 aromatic heterocycles. The van der Waals surface area contributed by atoms with Gasteiger partial charge < -0.3 is 11.1 Å². The molecule has 0 spiro atoms. The second-order valence-electron chi connectivity index (χ2n) is 3.44. The Kier molecular flexibility index (Phi) is 2.70. The Morgan fingerprint density at radius 1 is 1.47 bits per heavy atom. The lowest BCUT2D eigenvalue weighted by Crippen LogP contribution is -2.03. The number of amides is 1. The number of carbonyl (C=O) groups excluding carboxylic acids is 1. The van der Waals surface area contributed by atoms with Crippen LogP contribution < -0.4 is 11.1 Å². The van der Waals surface area contributed by atoms with Crippen molar-refractivity contribution in [3.8, 4) is 11.8 Å². The molecule has 1 aromatic rings. The number of nitrogens with two attached hydrogens (primary N) is 1. The zero-order chi connectivity index (χ0) is 10.7. The Morgan fingerprint density at radius 2 is 2.33 bits per heavy atom. The van der Waals surface area contributed by atoms with Crippen LogP contribution in [0, 0.1) is 11.8 Å². The molecule has 2 rings (SSSR count). The van der Waals surface area contributed by atoms with Crippen LogP contribution in [0.1, 0.15) is 17.5 Å². The van der Waals surface area contributed by atoms with Crippen LogP contribution in [0.3, 0.4) is 0 Å². The third-order valence-corrected chi connectivity index (χ3v) is 2.24. The second kappa shape index (κ2) is 4.16. The molecule has 0 saturated heterocycles. The highest BCUT2D eigenvalue weighted by Crippen LogP contribution is 2.23. The Morgan fingerprint density at radius 3 is 3.13 bits per heavy atom. The van der Waals surface area contributed by atoms with Gasteiger partial charge in [-0.2, -0.15) is 0 Å². The van der Waals surface area contributed by atoms with Crippen molar-refractivity contribution in [2.24, 2.45) is 5.73 Å². The Bertz CT molecular complexity index is 454. The third-order valence-electron chi connectivity index (χ3n) is 2.24. The van der Waals surface area contributed by atoms with Gasteiger partial charge in [-0.05, 0) is 17.7 Å². The molecule has 0 atom stereocenters. The molecular weight excluding hydrogens is 188 g/mol. The molecule has 0 aliphatic carbocycles. The molecule has 0 fully saturated rings. The maximum atomic E-state index is 11.1. The number of fused-ring (bicyclic) bond motifs is 1. The Labute approximate surface area is 88.7 Å². The van der Waals surface area contributed by atoms with Crippen LogP contribution in [0.25, 0.3) is 0 Å². The number of hydrogen-bond acceptors (Lipinski definition) is 2. The molecule has 1 aliphatic heterocycles. The van der Waals surface area contributed by atoms with Crippen LogP contribution in [0.5, 0.6) is 0 Å². The lowest BCUT2D eigenvalue weighted by molar-refractivity contribution is -0.115. The van der Waals surface area contributed by atoms with Gasteiger partial charge in [0, 0.05) is 24.2 Å². The van der Waals surface area contributed by atoms with E-state index in [1.54, 1.807) is 0 Å². The molecule has 76 valence electrons. The molecule has 0 bridgehead atoms. The van der Waals surface area contributed by atoms with E-state index in [-0.39, 0.29) is 5.91 Å². The van der Waals surface area contributed by atoms with Gasteiger partial charge in [0.25, 0.3) is 0 Å². The van der Waals surface area contributed by atoms with E-state index < -0.39 is 0 Å². The number of hydrogen-bond donors (Lipinski definition) is 2. The lowest BCUT2D eigenvalue weighted by Gasteiger charge is -1.97. The first-order valence-corrected chi connectivity index (χ1v) is 4.91. The molecule has 1 heterocycles. The quantitative estimate of drug-likeness (QED) is 0.661. The topological polar surface area (TPSA) is 55.1 Å². The second-order valence-corrected chi connectivity index (χ2v) is 3.44. The molecule has 0 unspecified atom stereocenters. The number of carbonyl (C=O) groups is 1. The molecule has 3 N–H and O–H groups in total. The normalized spacial score (nSPS) is 12.7. The first kappa shape index (κ1) is 9.75. The van der Waals surface area contributed by atoms with Crippen LogP contribution >= 0.6 is 0 Å². The van der Waals surface area contributed by atoms with Gasteiger partial charge in [-0.25, -0.2) is 0 Å². The largest absolute Gasteiger partial charge is 0.330 e. The zero-order valence-electron chi connectivity index (χ0n) is 8.34. The van der Waals surface area contributed by atoms with Gasteiger partial charge in [-0.15, -0.1) is 0 Å². The van der Waals surface area contributed by atoms with Crippen molar-refractivity contribution in [1.29, 1.82) is 0 Å². The van der Waals surface area contributed by atoms with E-state index in [0.717, 1.165) is 16.8 Å². The summed E-state index contributed by atoms with van der Waals surface area (Å²) < 4.78 is 0. The summed E-state index contributed by atoms with van der Waals surface area (Å²) in [7, 11) is 0. The van der Waals surface area contributed by atoms with Gasteiger partial charge in [-0.1, -0.05) is 17.9 Å². The van der Waals surface area contributed by atoms with E-state index in [9.17, 15) is 4.79 Å². The maximum Gasteiger partial charge on any atom is 0.228 e. The van der Waals surface area contributed by atoms with Crippen molar-refractivity contribution in [2.45, 2.75) is 12.8 Å². The van der Waals surface area contributed by atoms with Crippen LogP contribution in [0.2, 0.25) is 0 Å². The average Bonchev–Trinajstić information content (AvgIpc) is 2.57. The number of rotatable bonds is 1. The molecule has 3 heteroatoms. The zero-order valence-corrected chi connectivity index (χ0v) is 8.34. The molecule has 1 aromatic carbocycles. The average molecular weight is 200 g/mol. The highest BCUT2D eigenvalue weighted by molar-refractivity contribution is 5.99. The molecule has 0 saturated carbocycles.